The number of ether oxygens (including phenoxy) is 1. The molecule has 0 saturated carbocycles. The molecule has 7 nitrogen and oxygen atoms in total. The van der Waals surface area contributed by atoms with Gasteiger partial charge in [0, 0.05) is 12.1 Å². The topological polar surface area (TPSA) is 101 Å². The first-order valence-corrected chi connectivity index (χ1v) is 8.26. The number of hydrogen-bond acceptors (Lipinski definition) is 6. The maximum atomic E-state index is 11.8. The van der Waals surface area contributed by atoms with Crippen LogP contribution in [-0.2, 0) is 17.9 Å². The van der Waals surface area contributed by atoms with Gasteiger partial charge in [-0.25, -0.2) is 15.3 Å². The summed E-state index contributed by atoms with van der Waals surface area (Å²) in [6.45, 7) is 0.375. The number of nitrogens with one attached hydrogen (secondary N) is 2. The van der Waals surface area contributed by atoms with Gasteiger partial charge in [-0.1, -0.05) is 24.3 Å². The summed E-state index contributed by atoms with van der Waals surface area (Å²) in [4.78, 5) is 27.4. The van der Waals surface area contributed by atoms with Crippen LogP contribution in [0.15, 0.2) is 48.5 Å². The standard InChI is InChI=1S/C17H15N3O4S/c21-16(20-23)12-7-5-11(6-8-12)9-18-17(22)24-10-15-19-13-3-1-2-4-14(13)25-15/h1-8,23H,9-10H2,(H,18,22)(H,20,21). The van der Waals surface area contributed by atoms with Crippen LogP contribution in [0.25, 0.3) is 10.2 Å². The monoisotopic (exact) mass is 357 g/mol. The number of nitrogens with zero attached hydrogens (tertiary/aromatic N) is 1. The number of aromatic nitrogens is 1. The van der Waals surface area contributed by atoms with E-state index in [4.69, 9.17) is 9.94 Å². The fraction of sp³-hybridized carbons (Fsp3) is 0.118. The van der Waals surface area contributed by atoms with Crippen molar-refractivity contribution in [3.05, 3.63) is 64.7 Å². The molecular formula is C17H15N3O4S. The number of hydrogen-bond donors (Lipinski definition) is 3. The molecule has 0 fully saturated rings. The Balaban J connectivity index is 1.48. The van der Waals surface area contributed by atoms with Crippen molar-refractivity contribution in [1.82, 2.24) is 15.8 Å². The average molecular weight is 357 g/mol. The molecule has 0 atom stereocenters. The van der Waals surface area contributed by atoms with Crippen molar-refractivity contribution in [3.8, 4) is 0 Å². The first kappa shape index (κ1) is 16.9. The molecule has 0 saturated heterocycles. The van der Waals surface area contributed by atoms with E-state index in [0.29, 0.717) is 5.56 Å². The summed E-state index contributed by atoms with van der Waals surface area (Å²) in [5, 5.41) is 11.9. The number of alkyl carbamates (subject to hydrolysis) is 1. The quantitative estimate of drug-likeness (QED) is 0.481. The van der Waals surface area contributed by atoms with Crippen LogP contribution in [0.2, 0.25) is 0 Å². The smallest absolute Gasteiger partial charge is 0.407 e. The molecule has 3 N–H and O–H groups in total. The van der Waals surface area contributed by atoms with Gasteiger partial charge in [-0.3, -0.25) is 10.0 Å². The third-order valence-corrected chi connectivity index (χ3v) is 4.43. The first-order chi connectivity index (χ1) is 12.2. The second-order valence-corrected chi connectivity index (χ2v) is 6.26. The molecule has 3 aromatic rings. The van der Waals surface area contributed by atoms with Gasteiger partial charge in [-0.2, -0.15) is 0 Å². The fourth-order valence-electron chi connectivity index (χ4n) is 2.17. The lowest BCUT2D eigenvalue weighted by molar-refractivity contribution is 0.0706. The molecule has 0 aliphatic heterocycles. The number of rotatable bonds is 5. The third kappa shape index (κ3) is 4.31. The highest BCUT2D eigenvalue weighted by Crippen LogP contribution is 2.21. The molecule has 0 aliphatic carbocycles. The van der Waals surface area contributed by atoms with Crippen LogP contribution in [0, 0.1) is 0 Å². The molecule has 25 heavy (non-hydrogen) atoms. The minimum absolute atomic E-state index is 0.112. The second-order valence-electron chi connectivity index (χ2n) is 5.14. The molecule has 3 rings (SSSR count). The lowest BCUT2D eigenvalue weighted by Crippen LogP contribution is -2.23. The largest absolute Gasteiger partial charge is 0.442 e. The van der Waals surface area contributed by atoms with Crippen LogP contribution in [0.1, 0.15) is 20.9 Å². The molecule has 0 radical (unpaired) electrons. The predicted molar refractivity (Wildman–Crippen MR) is 92.3 cm³/mol. The fourth-order valence-corrected chi connectivity index (χ4v) is 3.05. The van der Waals surface area contributed by atoms with Crippen molar-refractivity contribution >= 4 is 33.6 Å². The molecular weight excluding hydrogens is 342 g/mol. The number of thiazole rings is 1. The zero-order chi connectivity index (χ0) is 17.6. The molecule has 0 aliphatic rings. The van der Waals surface area contributed by atoms with Crippen molar-refractivity contribution in [2.45, 2.75) is 13.2 Å². The van der Waals surface area contributed by atoms with E-state index < -0.39 is 12.0 Å². The minimum Gasteiger partial charge on any atom is -0.442 e. The molecule has 1 heterocycles. The van der Waals surface area contributed by atoms with Gasteiger partial charge in [0.05, 0.1) is 10.2 Å². The normalized spacial score (nSPS) is 10.4. The molecule has 128 valence electrons. The second kappa shape index (κ2) is 7.73. The molecule has 0 spiro atoms. The lowest BCUT2D eigenvalue weighted by Gasteiger charge is -2.06. The van der Waals surface area contributed by atoms with Crippen molar-refractivity contribution in [1.29, 1.82) is 0 Å². The number of amides is 2. The highest BCUT2D eigenvalue weighted by atomic mass is 32.1. The number of carbonyl (C=O) groups excluding carboxylic acids is 2. The maximum Gasteiger partial charge on any atom is 0.407 e. The number of para-hydroxylation sites is 1. The third-order valence-electron chi connectivity index (χ3n) is 3.42. The summed E-state index contributed by atoms with van der Waals surface area (Å²) in [5.41, 5.74) is 3.57. The Labute approximate surface area is 147 Å². The van der Waals surface area contributed by atoms with Gasteiger partial charge in [-0.15, -0.1) is 11.3 Å². The lowest BCUT2D eigenvalue weighted by atomic mass is 10.1. The van der Waals surface area contributed by atoms with E-state index in [1.165, 1.54) is 11.3 Å². The van der Waals surface area contributed by atoms with Crippen molar-refractivity contribution in [2.75, 3.05) is 0 Å². The summed E-state index contributed by atoms with van der Waals surface area (Å²) in [5.74, 6) is -0.588. The van der Waals surface area contributed by atoms with Gasteiger partial charge in [-0.05, 0) is 29.8 Å². The van der Waals surface area contributed by atoms with Crippen LogP contribution in [-0.4, -0.2) is 22.2 Å². The average Bonchev–Trinajstić information content (AvgIpc) is 3.07. The van der Waals surface area contributed by atoms with Crippen LogP contribution in [0.3, 0.4) is 0 Å². The van der Waals surface area contributed by atoms with E-state index in [0.717, 1.165) is 20.8 Å². The Morgan fingerprint density at radius 2 is 1.88 bits per heavy atom. The van der Waals surface area contributed by atoms with Gasteiger partial charge in [0.25, 0.3) is 5.91 Å². The van der Waals surface area contributed by atoms with Crippen LogP contribution >= 0.6 is 11.3 Å². The molecule has 2 amide bonds. The van der Waals surface area contributed by atoms with E-state index in [1.54, 1.807) is 29.7 Å². The Morgan fingerprint density at radius 3 is 2.60 bits per heavy atom. The summed E-state index contributed by atoms with van der Waals surface area (Å²) in [7, 11) is 0. The van der Waals surface area contributed by atoms with Gasteiger partial charge in [0.2, 0.25) is 0 Å². The zero-order valence-corrected chi connectivity index (χ0v) is 13.9. The van der Waals surface area contributed by atoms with E-state index in [9.17, 15) is 9.59 Å². The highest BCUT2D eigenvalue weighted by molar-refractivity contribution is 7.18. The number of carbonyl (C=O) groups is 2. The van der Waals surface area contributed by atoms with E-state index in [1.807, 2.05) is 24.3 Å². The zero-order valence-electron chi connectivity index (χ0n) is 13.1. The Kier molecular flexibility index (Phi) is 5.22. The number of fused-ring (bicyclic) bond motifs is 1. The molecule has 8 heteroatoms. The van der Waals surface area contributed by atoms with Crippen LogP contribution in [0.4, 0.5) is 4.79 Å². The molecule has 2 aromatic carbocycles. The van der Waals surface area contributed by atoms with Crippen molar-refractivity contribution in [2.24, 2.45) is 0 Å². The van der Waals surface area contributed by atoms with E-state index >= 15 is 0 Å². The van der Waals surface area contributed by atoms with Gasteiger partial charge >= 0.3 is 6.09 Å². The van der Waals surface area contributed by atoms with E-state index in [2.05, 4.69) is 10.3 Å². The SMILES string of the molecule is O=C(NCc1ccc(C(=O)NO)cc1)OCc1nc2ccccc2s1. The summed E-state index contributed by atoms with van der Waals surface area (Å²) >= 11 is 1.49. The summed E-state index contributed by atoms with van der Waals surface area (Å²) < 4.78 is 6.21. The van der Waals surface area contributed by atoms with E-state index in [-0.39, 0.29) is 13.2 Å². The van der Waals surface area contributed by atoms with Crippen LogP contribution in [0.5, 0.6) is 0 Å². The number of hydroxylamine groups is 1. The summed E-state index contributed by atoms with van der Waals surface area (Å²) in [6, 6.07) is 14.2. The van der Waals surface area contributed by atoms with Gasteiger partial charge < -0.3 is 10.1 Å². The van der Waals surface area contributed by atoms with Crippen molar-refractivity contribution in [3.63, 3.8) is 0 Å². The number of benzene rings is 2. The Bertz CT molecular complexity index is 859. The molecule has 1 aromatic heterocycles. The predicted octanol–water partition coefficient (Wildman–Crippen LogP) is 2.84. The Morgan fingerprint density at radius 1 is 1.12 bits per heavy atom. The molecule has 0 unspecified atom stereocenters. The maximum absolute atomic E-state index is 11.8. The Hall–Kier alpha value is -2.97. The first-order valence-electron chi connectivity index (χ1n) is 7.44. The highest BCUT2D eigenvalue weighted by Gasteiger charge is 2.08. The minimum atomic E-state index is -0.588. The van der Waals surface area contributed by atoms with Gasteiger partial charge in [0.15, 0.2) is 0 Å². The van der Waals surface area contributed by atoms with Gasteiger partial charge in [0.1, 0.15) is 11.6 Å². The summed E-state index contributed by atoms with van der Waals surface area (Å²) in [6.07, 6.45) is -0.545. The molecule has 0 bridgehead atoms. The van der Waals surface area contributed by atoms with Crippen LogP contribution < -0.4 is 10.8 Å². The van der Waals surface area contributed by atoms with Crippen molar-refractivity contribution < 1.29 is 19.5 Å².